The van der Waals surface area contributed by atoms with E-state index in [4.69, 9.17) is 0 Å². The average molecular weight is 345 g/mol. The summed E-state index contributed by atoms with van der Waals surface area (Å²) in [6.07, 6.45) is 2.08. The third-order valence-corrected chi connectivity index (χ3v) is 4.41. The number of hydrogen-bond acceptors (Lipinski definition) is 2. The highest BCUT2D eigenvalue weighted by atomic mass is 79.9. The van der Waals surface area contributed by atoms with Crippen LogP contribution in [0.15, 0.2) is 53.0 Å². The summed E-state index contributed by atoms with van der Waals surface area (Å²) in [5.41, 5.74) is 3.26. The van der Waals surface area contributed by atoms with Crippen molar-refractivity contribution in [2.45, 2.75) is 12.8 Å². The number of carbonyl (C=O) groups is 1. The second-order valence-electron chi connectivity index (χ2n) is 5.11. The normalized spacial score (nSPS) is 13.7. The zero-order valence-corrected chi connectivity index (χ0v) is 13.3. The van der Waals surface area contributed by atoms with E-state index in [1.807, 2.05) is 47.4 Å². The van der Waals surface area contributed by atoms with E-state index in [0.29, 0.717) is 6.54 Å². The predicted octanol–water partition coefficient (Wildman–Crippen LogP) is 3.84. The Morgan fingerprint density at radius 2 is 1.90 bits per heavy atom. The van der Waals surface area contributed by atoms with E-state index >= 15 is 0 Å². The number of aryl methyl sites for hydroxylation is 1. The molecule has 108 valence electrons. The molecule has 1 aliphatic rings. The molecule has 0 fully saturated rings. The molecule has 0 aromatic heterocycles. The van der Waals surface area contributed by atoms with Crippen molar-refractivity contribution >= 4 is 33.2 Å². The number of hydrogen-bond donors (Lipinski definition) is 1. The molecule has 3 rings (SSSR count). The van der Waals surface area contributed by atoms with E-state index in [0.717, 1.165) is 35.2 Å². The largest absolute Gasteiger partial charge is 0.375 e. The fourth-order valence-corrected chi connectivity index (χ4v) is 3.09. The van der Waals surface area contributed by atoms with Crippen LogP contribution >= 0.6 is 15.9 Å². The summed E-state index contributed by atoms with van der Waals surface area (Å²) >= 11 is 3.48. The van der Waals surface area contributed by atoms with Crippen LogP contribution in [0.5, 0.6) is 0 Å². The second-order valence-corrected chi connectivity index (χ2v) is 5.97. The number of fused-ring (bicyclic) bond motifs is 1. The molecule has 1 heterocycles. The summed E-state index contributed by atoms with van der Waals surface area (Å²) < 4.78 is 0.969. The molecule has 0 unspecified atom stereocenters. The minimum absolute atomic E-state index is 0.109. The summed E-state index contributed by atoms with van der Waals surface area (Å²) in [5.74, 6) is 0.109. The molecule has 4 heteroatoms. The van der Waals surface area contributed by atoms with Gasteiger partial charge in [-0.1, -0.05) is 30.3 Å². The van der Waals surface area contributed by atoms with Gasteiger partial charge in [0.05, 0.1) is 6.54 Å². The Morgan fingerprint density at radius 3 is 2.76 bits per heavy atom. The monoisotopic (exact) mass is 344 g/mol. The van der Waals surface area contributed by atoms with Gasteiger partial charge in [0.15, 0.2) is 0 Å². The standard InChI is InChI=1S/C17H17BrN2O/c18-14-8-2-3-9-15(14)19-12-17(21)20-11-5-7-13-6-1-4-10-16(13)20/h1-4,6,8-10,19H,5,7,11-12H2. The minimum Gasteiger partial charge on any atom is -0.375 e. The van der Waals surface area contributed by atoms with Crippen molar-refractivity contribution in [1.82, 2.24) is 0 Å². The van der Waals surface area contributed by atoms with Crippen molar-refractivity contribution in [3.63, 3.8) is 0 Å². The Bertz CT molecular complexity index is 657. The highest BCUT2D eigenvalue weighted by Crippen LogP contribution is 2.27. The zero-order chi connectivity index (χ0) is 14.7. The third kappa shape index (κ3) is 3.10. The van der Waals surface area contributed by atoms with Crippen LogP contribution in [-0.4, -0.2) is 19.0 Å². The van der Waals surface area contributed by atoms with Crippen molar-refractivity contribution < 1.29 is 4.79 Å². The van der Waals surface area contributed by atoms with Gasteiger partial charge in [-0.15, -0.1) is 0 Å². The minimum atomic E-state index is 0.109. The van der Waals surface area contributed by atoms with Gasteiger partial charge < -0.3 is 10.2 Å². The molecular weight excluding hydrogens is 328 g/mol. The van der Waals surface area contributed by atoms with Gasteiger partial charge in [-0.05, 0) is 52.5 Å². The van der Waals surface area contributed by atoms with E-state index in [1.54, 1.807) is 0 Å². The van der Waals surface area contributed by atoms with E-state index in [1.165, 1.54) is 5.56 Å². The molecule has 0 spiro atoms. The van der Waals surface area contributed by atoms with Gasteiger partial charge in [0.25, 0.3) is 0 Å². The molecule has 2 aromatic rings. The van der Waals surface area contributed by atoms with E-state index < -0.39 is 0 Å². The van der Waals surface area contributed by atoms with Crippen LogP contribution in [0, 0.1) is 0 Å². The molecule has 21 heavy (non-hydrogen) atoms. The van der Waals surface area contributed by atoms with Crippen LogP contribution in [0.4, 0.5) is 11.4 Å². The van der Waals surface area contributed by atoms with E-state index in [2.05, 4.69) is 27.3 Å². The Hall–Kier alpha value is -1.81. The molecule has 1 aliphatic heterocycles. The number of rotatable bonds is 3. The number of anilines is 2. The first kappa shape index (κ1) is 14.1. The summed E-state index contributed by atoms with van der Waals surface area (Å²) in [4.78, 5) is 14.4. The van der Waals surface area contributed by atoms with Gasteiger partial charge in [-0.3, -0.25) is 4.79 Å². The maximum atomic E-state index is 12.5. The predicted molar refractivity (Wildman–Crippen MR) is 89.7 cm³/mol. The molecule has 0 aliphatic carbocycles. The van der Waals surface area contributed by atoms with Crippen molar-refractivity contribution in [3.05, 3.63) is 58.6 Å². The lowest BCUT2D eigenvalue weighted by Gasteiger charge is -2.29. The Labute approximate surface area is 133 Å². The molecule has 1 amide bonds. The number of para-hydroxylation sites is 2. The zero-order valence-electron chi connectivity index (χ0n) is 11.7. The van der Waals surface area contributed by atoms with Crippen LogP contribution < -0.4 is 10.2 Å². The molecule has 0 saturated heterocycles. The lowest BCUT2D eigenvalue weighted by atomic mass is 10.0. The molecule has 2 aromatic carbocycles. The molecular formula is C17H17BrN2O. The summed E-state index contributed by atoms with van der Waals surface area (Å²) in [6.45, 7) is 1.10. The van der Waals surface area contributed by atoms with Crippen molar-refractivity contribution in [1.29, 1.82) is 0 Å². The number of halogens is 1. The van der Waals surface area contributed by atoms with Gasteiger partial charge in [0.2, 0.25) is 5.91 Å². The Balaban J connectivity index is 1.71. The van der Waals surface area contributed by atoms with Crippen molar-refractivity contribution in [2.24, 2.45) is 0 Å². The summed E-state index contributed by atoms with van der Waals surface area (Å²) in [5, 5.41) is 3.20. The first-order valence-corrected chi connectivity index (χ1v) is 7.91. The van der Waals surface area contributed by atoms with Gasteiger partial charge in [0, 0.05) is 22.4 Å². The maximum absolute atomic E-state index is 12.5. The van der Waals surface area contributed by atoms with Crippen molar-refractivity contribution in [2.75, 3.05) is 23.3 Å². The Kier molecular flexibility index (Phi) is 4.25. The van der Waals surface area contributed by atoms with Gasteiger partial charge >= 0.3 is 0 Å². The fourth-order valence-electron chi connectivity index (χ4n) is 2.66. The molecule has 0 radical (unpaired) electrons. The molecule has 3 nitrogen and oxygen atoms in total. The van der Waals surface area contributed by atoms with Gasteiger partial charge in [0.1, 0.15) is 0 Å². The van der Waals surface area contributed by atoms with Crippen LogP contribution in [0.2, 0.25) is 0 Å². The van der Waals surface area contributed by atoms with Crippen LogP contribution in [0.3, 0.4) is 0 Å². The Morgan fingerprint density at radius 1 is 1.14 bits per heavy atom. The first-order valence-electron chi connectivity index (χ1n) is 7.12. The smallest absolute Gasteiger partial charge is 0.246 e. The van der Waals surface area contributed by atoms with Crippen LogP contribution in [0.1, 0.15) is 12.0 Å². The SMILES string of the molecule is O=C(CNc1ccccc1Br)N1CCCc2ccccc21. The van der Waals surface area contributed by atoms with Crippen LogP contribution in [0.25, 0.3) is 0 Å². The highest BCUT2D eigenvalue weighted by Gasteiger charge is 2.21. The first-order chi connectivity index (χ1) is 10.3. The summed E-state index contributed by atoms with van der Waals surface area (Å²) in [7, 11) is 0. The molecule has 0 atom stereocenters. The van der Waals surface area contributed by atoms with Crippen LogP contribution in [-0.2, 0) is 11.2 Å². The second kappa shape index (κ2) is 6.31. The molecule has 0 bridgehead atoms. The number of amides is 1. The highest BCUT2D eigenvalue weighted by molar-refractivity contribution is 9.10. The number of benzene rings is 2. The number of carbonyl (C=O) groups excluding carboxylic acids is 1. The average Bonchev–Trinajstić information content (AvgIpc) is 2.53. The third-order valence-electron chi connectivity index (χ3n) is 3.72. The van der Waals surface area contributed by atoms with E-state index in [9.17, 15) is 4.79 Å². The van der Waals surface area contributed by atoms with E-state index in [-0.39, 0.29) is 5.91 Å². The topological polar surface area (TPSA) is 32.3 Å². The molecule has 1 N–H and O–H groups in total. The number of nitrogens with zero attached hydrogens (tertiary/aromatic N) is 1. The van der Waals surface area contributed by atoms with Gasteiger partial charge in [-0.2, -0.15) is 0 Å². The molecule has 0 saturated carbocycles. The lowest BCUT2D eigenvalue weighted by Crippen LogP contribution is -2.39. The maximum Gasteiger partial charge on any atom is 0.246 e. The quantitative estimate of drug-likeness (QED) is 0.917. The fraction of sp³-hybridized carbons (Fsp3) is 0.235. The van der Waals surface area contributed by atoms with Gasteiger partial charge in [-0.25, -0.2) is 0 Å². The lowest BCUT2D eigenvalue weighted by molar-refractivity contribution is -0.117. The number of nitrogens with one attached hydrogen (secondary N) is 1. The van der Waals surface area contributed by atoms with Crippen molar-refractivity contribution in [3.8, 4) is 0 Å². The summed E-state index contributed by atoms with van der Waals surface area (Å²) in [6, 6.07) is 16.0.